The number of carbonyl (C=O) groups excluding carboxylic acids is 3. The van der Waals surface area contributed by atoms with Gasteiger partial charge in [0, 0.05) is 24.9 Å². The first-order valence-electron chi connectivity index (χ1n) is 6.05. The van der Waals surface area contributed by atoms with Crippen LogP contribution in [0.3, 0.4) is 0 Å². The lowest BCUT2D eigenvalue weighted by molar-refractivity contribution is -0.140. The molecule has 0 aliphatic heterocycles. The van der Waals surface area contributed by atoms with Crippen molar-refractivity contribution in [1.29, 1.82) is 0 Å². The molecule has 0 aliphatic rings. The second-order valence-corrected chi connectivity index (χ2v) is 3.97. The van der Waals surface area contributed by atoms with E-state index >= 15 is 0 Å². The summed E-state index contributed by atoms with van der Waals surface area (Å²) in [6.07, 6.45) is 0.415. The topological polar surface area (TPSA) is 72.5 Å². The van der Waals surface area contributed by atoms with Crippen molar-refractivity contribution < 1.29 is 19.1 Å². The van der Waals surface area contributed by atoms with Gasteiger partial charge in [-0.2, -0.15) is 0 Å². The maximum absolute atomic E-state index is 11.7. The highest BCUT2D eigenvalue weighted by molar-refractivity contribution is 5.97. The SMILES string of the molecule is COC(=O)CCNC(=O)CCC(=O)c1ccccc1. The van der Waals surface area contributed by atoms with Crippen LogP contribution in [0.25, 0.3) is 0 Å². The molecule has 5 heteroatoms. The second kappa shape index (κ2) is 8.02. The van der Waals surface area contributed by atoms with E-state index in [1.807, 2.05) is 6.07 Å². The summed E-state index contributed by atoms with van der Waals surface area (Å²) in [6.45, 7) is 0.227. The molecule has 1 amide bonds. The number of rotatable bonds is 7. The zero-order valence-corrected chi connectivity index (χ0v) is 10.8. The lowest BCUT2D eigenvalue weighted by Gasteiger charge is -2.04. The monoisotopic (exact) mass is 263 g/mol. The van der Waals surface area contributed by atoms with Crippen molar-refractivity contribution in [3.63, 3.8) is 0 Å². The summed E-state index contributed by atoms with van der Waals surface area (Å²) in [5.41, 5.74) is 0.602. The molecule has 0 atom stereocenters. The molecule has 0 fully saturated rings. The summed E-state index contributed by atoms with van der Waals surface area (Å²) in [5.74, 6) is -0.683. The first-order valence-corrected chi connectivity index (χ1v) is 6.05. The van der Waals surface area contributed by atoms with E-state index in [2.05, 4.69) is 10.1 Å². The first kappa shape index (κ1) is 14.9. The Kier molecular flexibility index (Phi) is 6.29. The predicted molar refractivity (Wildman–Crippen MR) is 69.6 cm³/mol. The van der Waals surface area contributed by atoms with Gasteiger partial charge in [0.25, 0.3) is 0 Å². The van der Waals surface area contributed by atoms with Crippen molar-refractivity contribution in [2.24, 2.45) is 0 Å². The minimum atomic E-state index is -0.374. The number of amides is 1. The fourth-order valence-electron chi connectivity index (χ4n) is 1.49. The van der Waals surface area contributed by atoms with Gasteiger partial charge in [-0.25, -0.2) is 0 Å². The number of ketones is 1. The van der Waals surface area contributed by atoms with Crippen LogP contribution in [-0.2, 0) is 14.3 Å². The molecule has 1 rings (SSSR count). The van der Waals surface area contributed by atoms with Gasteiger partial charge in [-0.15, -0.1) is 0 Å². The van der Waals surface area contributed by atoms with Crippen molar-refractivity contribution in [1.82, 2.24) is 5.32 Å². The number of ether oxygens (including phenoxy) is 1. The molecule has 0 heterocycles. The van der Waals surface area contributed by atoms with Gasteiger partial charge in [0.05, 0.1) is 13.5 Å². The third-order valence-electron chi connectivity index (χ3n) is 2.55. The number of nitrogens with one attached hydrogen (secondary N) is 1. The lowest BCUT2D eigenvalue weighted by atomic mass is 10.1. The Morgan fingerprint density at radius 2 is 1.74 bits per heavy atom. The molecule has 1 aromatic carbocycles. The minimum Gasteiger partial charge on any atom is -0.469 e. The molecule has 1 N–H and O–H groups in total. The molecule has 1 aromatic rings. The maximum Gasteiger partial charge on any atom is 0.307 e. The third-order valence-corrected chi connectivity index (χ3v) is 2.55. The van der Waals surface area contributed by atoms with E-state index in [9.17, 15) is 14.4 Å². The Labute approximate surface area is 111 Å². The molecule has 0 radical (unpaired) electrons. The molecular formula is C14H17NO4. The van der Waals surface area contributed by atoms with Crippen LogP contribution in [0.5, 0.6) is 0 Å². The summed E-state index contributed by atoms with van der Waals surface area (Å²) in [4.78, 5) is 34.0. The number of esters is 1. The third kappa shape index (κ3) is 5.81. The van der Waals surface area contributed by atoms with Crippen LogP contribution in [0.15, 0.2) is 30.3 Å². The van der Waals surface area contributed by atoms with Crippen molar-refractivity contribution >= 4 is 17.7 Å². The zero-order chi connectivity index (χ0) is 14.1. The predicted octanol–water partition coefficient (Wildman–Crippen LogP) is 1.33. The highest BCUT2D eigenvalue weighted by Gasteiger charge is 2.09. The van der Waals surface area contributed by atoms with E-state index in [1.54, 1.807) is 24.3 Å². The van der Waals surface area contributed by atoms with Gasteiger partial charge in [-0.1, -0.05) is 30.3 Å². The quantitative estimate of drug-likeness (QED) is 0.595. The fraction of sp³-hybridized carbons (Fsp3) is 0.357. The van der Waals surface area contributed by atoms with E-state index < -0.39 is 0 Å². The highest BCUT2D eigenvalue weighted by atomic mass is 16.5. The molecule has 0 aliphatic carbocycles. The second-order valence-electron chi connectivity index (χ2n) is 3.97. The zero-order valence-electron chi connectivity index (χ0n) is 10.8. The molecule has 19 heavy (non-hydrogen) atoms. The number of hydrogen-bond acceptors (Lipinski definition) is 4. The van der Waals surface area contributed by atoms with E-state index in [0.717, 1.165) is 0 Å². The van der Waals surface area contributed by atoms with Gasteiger partial charge < -0.3 is 10.1 Å². The van der Waals surface area contributed by atoms with Crippen molar-refractivity contribution in [2.45, 2.75) is 19.3 Å². The van der Waals surface area contributed by atoms with Crippen LogP contribution in [0.1, 0.15) is 29.6 Å². The highest BCUT2D eigenvalue weighted by Crippen LogP contribution is 2.04. The largest absolute Gasteiger partial charge is 0.469 e. The number of carbonyl (C=O) groups is 3. The molecule has 0 saturated heterocycles. The molecule has 0 spiro atoms. The number of hydrogen-bond donors (Lipinski definition) is 1. The summed E-state index contributed by atoms with van der Waals surface area (Å²) < 4.78 is 4.44. The molecule has 102 valence electrons. The summed E-state index contributed by atoms with van der Waals surface area (Å²) in [7, 11) is 1.29. The Morgan fingerprint density at radius 1 is 1.05 bits per heavy atom. The summed E-state index contributed by atoms with van der Waals surface area (Å²) in [6, 6.07) is 8.83. The van der Waals surface area contributed by atoms with Gasteiger partial charge in [0.1, 0.15) is 0 Å². The van der Waals surface area contributed by atoms with Crippen LogP contribution in [0.2, 0.25) is 0 Å². The van der Waals surface area contributed by atoms with E-state index in [-0.39, 0.29) is 43.5 Å². The molecule has 0 unspecified atom stereocenters. The molecule has 0 bridgehead atoms. The van der Waals surface area contributed by atoms with Crippen molar-refractivity contribution in [3.8, 4) is 0 Å². The van der Waals surface area contributed by atoms with E-state index in [0.29, 0.717) is 5.56 Å². The molecule has 5 nitrogen and oxygen atoms in total. The van der Waals surface area contributed by atoms with E-state index in [1.165, 1.54) is 7.11 Å². The molecule has 0 saturated carbocycles. The van der Waals surface area contributed by atoms with Gasteiger partial charge in [0.2, 0.25) is 5.91 Å². The van der Waals surface area contributed by atoms with Crippen LogP contribution in [0.4, 0.5) is 0 Å². The van der Waals surface area contributed by atoms with E-state index in [4.69, 9.17) is 0 Å². The smallest absolute Gasteiger partial charge is 0.307 e. The van der Waals surface area contributed by atoms with Crippen molar-refractivity contribution in [2.75, 3.05) is 13.7 Å². The Hall–Kier alpha value is -2.17. The van der Waals surface area contributed by atoms with Gasteiger partial charge in [-0.3, -0.25) is 14.4 Å². The van der Waals surface area contributed by atoms with Crippen LogP contribution >= 0.6 is 0 Å². The number of methoxy groups -OCH3 is 1. The lowest BCUT2D eigenvalue weighted by Crippen LogP contribution is -2.26. The van der Waals surface area contributed by atoms with Gasteiger partial charge >= 0.3 is 5.97 Å². The summed E-state index contributed by atoms with van der Waals surface area (Å²) >= 11 is 0. The Morgan fingerprint density at radius 3 is 2.37 bits per heavy atom. The first-order chi connectivity index (χ1) is 9.13. The van der Waals surface area contributed by atoms with Gasteiger partial charge in [0.15, 0.2) is 5.78 Å². The Balaban J connectivity index is 2.23. The Bertz CT molecular complexity index is 442. The average Bonchev–Trinajstić information content (AvgIpc) is 2.45. The minimum absolute atomic E-state index is 0.0660. The normalized spacial score (nSPS) is 9.74. The fourth-order valence-corrected chi connectivity index (χ4v) is 1.49. The standard InChI is InChI=1S/C14H17NO4/c1-19-14(18)9-10-15-13(17)8-7-12(16)11-5-3-2-4-6-11/h2-6H,7-10H2,1H3,(H,15,17). The van der Waals surface area contributed by atoms with Crippen LogP contribution in [0, 0.1) is 0 Å². The van der Waals surface area contributed by atoms with Crippen molar-refractivity contribution in [3.05, 3.63) is 35.9 Å². The number of Topliss-reactive ketones (excluding diaryl/α,β-unsaturated/α-hetero) is 1. The molecular weight excluding hydrogens is 246 g/mol. The van der Waals surface area contributed by atoms with Gasteiger partial charge in [-0.05, 0) is 0 Å². The number of benzene rings is 1. The maximum atomic E-state index is 11.7. The van der Waals surface area contributed by atoms with Crippen LogP contribution < -0.4 is 5.32 Å². The summed E-state index contributed by atoms with van der Waals surface area (Å²) in [5, 5.41) is 2.56. The average molecular weight is 263 g/mol. The van der Waals surface area contributed by atoms with Crippen LogP contribution in [-0.4, -0.2) is 31.3 Å². The molecule has 0 aromatic heterocycles.